The van der Waals surface area contributed by atoms with E-state index in [9.17, 15) is 19.2 Å². The molecule has 3 heterocycles. The lowest BCUT2D eigenvalue weighted by Crippen LogP contribution is -2.49. The summed E-state index contributed by atoms with van der Waals surface area (Å²) in [6, 6.07) is 0. The van der Waals surface area contributed by atoms with Crippen molar-refractivity contribution in [2.75, 3.05) is 0 Å². The van der Waals surface area contributed by atoms with Gasteiger partial charge in [-0.3, -0.25) is 24.1 Å². The number of rotatable bonds is 4. The topological polar surface area (TPSA) is 159 Å². The van der Waals surface area contributed by atoms with Crippen LogP contribution in [0.3, 0.4) is 0 Å². The van der Waals surface area contributed by atoms with Crippen LogP contribution in [0.25, 0.3) is 0 Å². The van der Waals surface area contributed by atoms with Gasteiger partial charge in [0.05, 0.1) is 23.2 Å². The van der Waals surface area contributed by atoms with Crippen molar-refractivity contribution in [3.8, 4) is 0 Å². The Balaban J connectivity index is 1.93. The Bertz CT molecular complexity index is 711. The standard InChI is InChI=1S/C14H14N4O5/c15-11(19)7-8(12(16)20)10(23-9(7)13(17)21)14(22)18-5-2-1-3-6(18)4-5/h1-4,7-10H,(H2,15,19)(H2,16,20)(H2,17,21). The average molecular weight is 318 g/mol. The number of hydrogen-bond acceptors (Lipinski definition) is 5. The van der Waals surface area contributed by atoms with E-state index in [2.05, 4.69) is 0 Å². The molecule has 23 heavy (non-hydrogen) atoms. The van der Waals surface area contributed by atoms with E-state index in [4.69, 9.17) is 21.9 Å². The Morgan fingerprint density at radius 2 is 1.52 bits per heavy atom. The molecular formula is C14H14N4O5. The zero-order valence-electron chi connectivity index (χ0n) is 11.8. The van der Waals surface area contributed by atoms with Gasteiger partial charge in [0.2, 0.25) is 17.7 Å². The number of carbonyl (C=O) groups is 4. The summed E-state index contributed by atoms with van der Waals surface area (Å²) in [5.41, 5.74) is 16.9. The first-order valence-corrected chi connectivity index (χ1v) is 6.80. The van der Waals surface area contributed by atoms with Gasteiger partial charge >= 0.3 is 0 Å². The van der Waals surface area contributed by atoms with Crippen LogP contribution in [0.2, 0.25) is 0 Å². The van der Waals surface area contributed by atoms with Crippen LogP contribution in [0.15, 0.2) is 35.7 Å². The summed E-state index contributed by atoms with van der Waals surface area (Å²) in [6.45, 7) is 0. The molecule has 0 aromatic carbocycles. The van der Waals surface area contributed by atoms with Crippen LogP contribution in [0.1, 0.15) is 0 Å². The van der Waals surface area contributed by atoms with Gasteiger partial charge in [-0.25, -0.2) is 0 Å². The van der Waals surface area contributed by atoms with Gasteiger partial charge in [-0.15, -0.1) is 0 Å². The smallest absolute Gasteiger partial charge is 0.261 e. The van der Waals surface area contributed by atoms with Crippen molar-refractivity contribution in [2.24, 2.45) is 29.0 Å². The maximum absolute atomic E-state index is 12.7. The lowest BCUT2D eigenvalue weighted by molar-refractivity contribution is -0.147. The van der Waals surface area contributed by atoms with E-state index in [-0.39, 0.29) is 0 Å². The molecule has 0 saturated carbocycles. The second-order valence-electron chi connectivity index (χ2n) is 5.43. The Morgan fingerprint density at radius 1 is 0.913 bits per heavy atom. The Hall–Kier alpha value is -2.94. The van der Waals surface area contributed by atoms with E-state index < -0.39 is 47.7 Å². The van der Waals surface area contributed by atoms with E-state index in [1.54, 1.807) is 24.3 Å². The molecule has 4 amide bonds. The first kappa shape index (κ1) is 15.0. The minimum absolute atomic E-state index is 0.600. The number of nitrogens with zero attached hydrogens (tertiary/aromatic N) is 1. The first-order valence-electron chi connectivity index (χ1n) is 6.80. The van der Waals surface area contributed by atoms with Crippen molar-refractivity contribution < 1.29 is 23.9 Å². The zero-order valence-corrected chi connectivity index (χ0v) is 11.8. The molecule has 0 aromatic heterocycles. The van der Waals surface area contributed by atoms with Crippen molar-refractivity contribution in [3.63, 3.8) is 0 Å². The molecule has 3 aliphatic heterocycles. The summed E-state index contributed by atoms with van der Waals surface area (Å²) in [4.78, 5) is 48.8. The largest absolute Gasteiger partial charge is 0.369 e. The quantitative estimate of drug-likeness (QED) is 0.527. The molecule has 0 radical (unpaired) electrons. The number of carbonyl (C=O) groups excluding carboxylic acids is 4. The Morgan fingerprint density at radius 3 is 1.96 bits per heavy atom. The zero-order chi connectivity index (χ0) is 16.9. The monoisotopic (exact) mass is 318 g/mol. The molecule has 0 aliphatic carbocycles. The van der Waals surface area contributed by atoms with E-state index in [0.29, 0.717) is 11.4 Å². The lowest BCUT2D eigenvalue weighted by Gasteiger charge is -2.36. The van der Waals surface area contributed by atoms with E-state index in [1.807, 2.05) is 0 Å². The lowest BCUT2D eigenvalue weighted by atomic mass is 9.84. The summed E-state index contributed by atoms with van der Waals surface area (Å²) in [5, 5.41) is 0. The molecular weight excluding hydrogens is 304 g/mol. The predicted octanol–water partition coefficient (Wildman–Crippen LogP) is -2.38. The average Bonchev–Trinajstić information content (AvgIpc) is 2.88. The number of nitrogens with two attached hydrogens (primary N) is 3. The fraction of sp³-hybridized carbons (Fsp3) is 0.286. The summed E-state index contributed by atoms with van der Waals surface area (Å²) < 4.78 is 5.31. The molecule has 0 aromatic rings. The van der Waals surface area contributed by atoms with Gasteiger partial charge in [-0.2, -0.15) is 0 Å². The van der Waals surface area contributed by atoms with Gasteiger partial charge in [0.25, 0.3) is 5.91 Å². The third kappa shape index (κ3) is 2.13. The number of hydrogen-bond donors (Lipinski definition) is 3. The summed E-state index contributed by atoms with van der Waals surface area (Å²) in [7, 11) is 0. The molecule has 120 valence electrons. The SMILES string of the molecule is NC(=O)C1OC(C(=O)N2C3=CC=CC2=C3)C(C(N)=O)C1C(N)=O. The molecule has 3 aliphatic rings. The first-order chi connectivity index (χ1) is 10.8. The van der Waals surface area contributed by atoms with Gasteiger partial charge in [0.15, 0.2) is 6.10 Å². The molecule has 2 bridgehead atoms. The molecule has 3 rings (SSSR count). The number of primary amides is 3. The molecule has 6 N–H and O–H groups in total. The molecule has 1 fully saturated rings. The maximum atomic E-state index is 12.7. The minimum Gasteiger partial charge on any atom is -0.369 e. The normalized spacial score (nSPS) is 31.0. The second-order valence-corrected chi connectivity index (χ2v) is 5.43. The van der Waals surface area contributed by atoms with Crippen molar-refractivity contribution in [1.82, 2.24) is 4.90 Å². The fourth-order valence-electron chi connectivity index (χ4n) is 3.05. The van der Waals surface area contributed by atoms with Crippen molar-refractivity contribution in [2.45, 2.75) is 12.2 Å². The minimum atomic E-state index is -1.47. The van der Waals surface area contributed by atoms with Crippen LogP contribution in [-0.2, 0) is 23.9 Å². The summed E-state index contributed by atoms with van der Waals surface area (Å²) in [6.07, 6.45) is 4.02. The van der Waals surface area contributed by atoms with Gasteiger partial charge in [-0.1, -0.05) is 6.08 Å². The van der Waals surface area contributed by atoms with E-state index in [0.717, 1.165) is 0 Å². The molecule has 9 nitrogen and oxygen atoms in total. The third-order valence-corrected chi connectivity index (χ3v) is 4.08. The molecule has 0 spiro atoms. The van der Waals surface area contributed by atoms with Gasteiger partial charge in [0, 0.05) is 0 Å². The predicted molar refractivity (Wildman–Crippen MR) is 75.4 cm³/mol. The van der Waals surface area contributed by atoms with Gasteiger partial charge in [0.1, 0.15) is 6.10 Å². The van der Waals surface area contributed by atoms with Crippen molar-refractivity contribution >= 4 is 23.6 Å². The highest BCUT2D eigenvalue weighted by atomic mass is 16.5. The van der Waals surface area contributed by atoms with Crippen LogP contribution in [0.4, 0.5) is 0 Å². The van der Waals surface area contributed by atoms with Crippen LogP contribution >= 0.6 is 0 Å². The summed E-state index contributed by atoms with van der Waals surface area (Å²) >= 11 is 0. The third-order valence-electron chi connectivity index (χ3n) is 4.08. The highest BCUT2D eigenvalue weighted by Gasteiger charge is 2.56. The fourth-order valence-corrected chi connectivity index (χ4v) is 3.05. The van der Waals surface area contributed by atoms with Crippen LogP contribution in [0.5, 0.6) is 0 Å². The highest BCUT2D eigenvalue weighted by Crippen LogP contribution is 2.38. The second kappa shape index (κ2) is 5.06. The number of ether oxygens (including phenoxy) is 1. The maximum Gasteiger partial charge on any atom is 0.261 e. The van der Waals surface area contributed by atoms with Gasteiger partial charge < -0.3 is 21.9 Å². The van der Waals surface area contributed by atoms with E-state index in [1.165, 1.54) is 4.90 Å². The number of allylic oxidation sites excluding steroid dienone is 4. The van der Waals surface area contributed by atoms with Crippen molar-refractivity contribution in [3.05, 3.63) is 35.7 Å². The number of fused-ring (bicyclic) bond motifs is 2. The van der Waals surface area contributed by atoms with Crippen LogP contribution < -0.4 is 17.2 Å². The Labute approximate surface area is 130 Å². The molecule has 1 saturated heterocycles. The van der Waals surface area contributed by atoms with E-state index >= 15 is 0 Å². The highest BCUT2D eigenvalue weighted by molar-refractivity contribution is 5.99. The Kier molecular flexibility index (Phi) is 3.29. The molecule has 9 heteroatoms. The van der Waals surface area contributed by atoms with Crippen LogP contribution in [-0.4, -0.2) is 40.7 Å². The molecule has 4 unspecified atom stereocenters. The van der Waals surface area contributed by atoms with Crippen LogP contribution in [0, 0.1) is 11.8 Å². The van der Waals surface area contributed by atoms with Gasteiger partial charge in [-0.05, 0) is 18.2 Å². The number of amides is 4. The molecule has 4 atom stereocenters. The summed E-state index contributed by atoms with van der Waals surface area (Å²) in [5.74, 6) is -6.26. The van der Waals surface area contributed by atoms with Crippen molar-refractivity contribution in [1.29, 1.82) is 0 Å².